The van der Waals surface area contributed by atoms with Gasteiger partial charge in [-0.05, 0) is 41.4 Å². The number of carbonyl (C=O) groups is 2. The Balaban J connectivity index is 1.50. The number of carbonyl (C=O) groups excluding carboxylic acids is 2. The second kappa shape index (κ2) is 8.08. The minimum absolute atomic E-state index is 0.165. The topological polar surface area (TPSA) is 59.0 Å². The highest BCUT2D eigenvalue weighted by molar-refractivity contribution is 7.12. The maximum absolute atomic E-state index is 12.8. The van der Waals surface area contributed by atoms with E-state index in [0.29, 0.717) is 12.0 Å². The summed E-state index contributed by atoms with van der Waals surface area (Å²) in [5, 5.41) is 10.0. The fourth-order valence-corrected chi connectivity index (χ4v) is 4.64. The van der Waals surface area contributed by atoms with E-state index in [2.05, 4.69) is 5.10 Å². The van der Waals surface area contributed by atoms with E-state index in [1.807, 2.05) is 54.1 Å². The molecule has 2 aromatic heterocycles. The first kappa shape index (κ1) is 18.6. The van der Waals surface area contributed by atoms with Crippen LogP contribution in [0, 0.1) is 6.92 Å². The summed E-state index contributed by atoms with van der Waals surface area (Å²) in [7, 11) is 0. The van der Waals surface area contributed by atoms with Crippen molar-refractivity contribution in [2.45, 2.75) is 19.4 Å². The van der Waals surface area contributed by atoms with Gasteiger partial charge < -0.3 is 4.74 Å². The molecule has 4 rings (SSSR count). The molecular formula is C21H18N2O3S2. The van der Waals surface area contributed by atoms with Gasteiger partial charge in [-0.15, -0.1) is 22.7 Å². The van der Waals surface area contributed by atoms with Crippen LogP contribution in [-0.4, -0.2) is 29.2 Å². The molecule has 1 aromatic carbocycles. The zero-order chi connectivity index (χ0) is 19.5. The maximum atomic E-state index is 12.8. The van der Waals surface area contributed by atoms with Gasteiger partial charge in [0.05, 0.1) is 22.2 Å². The molecule has 3 heterocycles. The highest BCUT2D eigenvalue weighted by atomic mass is 32.1. The van der Waals surface area contributed by atoms with E-state index in [-0.39, 0.29) is 18.6 Å². The minimum atomic E-state index is -0.499. The van der Waals surface area contributed by atoms with Crippen molar-refractivity contribution >= 4 is 40.3 Å². The summed E-state index contributed by atoms with van der Waals surface area (Å²) in [6.45, 7) is 1.50. The lowest BCUT2D eigenvalue weighted by Gasteiger charge is -2.20. The molecule has 1 atom stereocenters. The first-order valence-corrected chi connectivity index (χ1v) is 10.6. The Bertz CT molecular complexity index is 1010. The summed E-state index contributed by atoms with van der Waals surface area (Å²) in [6, 6.07) is 14.9. The van der Waals surface area contributed by atoms with Crippen LogP contribution in [0.15, 0.2) is 64.4 Å². The van der Waals surface area contributed by atoms with E-state index in [1.165, 1.54) is 5.01 Å². The van der Waals surface area contributed by atoms with Crippen LogP contribution in [0.1, 0.15) is 38.1 Å². The quantitative estimate of drug-likeness (QED) is 0.575. The summed E-state index contributed by atoms with van der Waals surface area (Å²) < 4.78 is 5.28. The van der Waals surface area contributed by atoms with Crippen molar-refractivity contribution in [2.75, 3.05) is 6.61 Å². The molecule has 0 aliphatic carbocycles. The van der Waals surface area contributed by atoms with Crippen molar-refractivity contribution < 1.29 is 14.3 Å². The molecule has 5 nitrogen and oxygen atoms in total. The average molecular weight is 411 g/mol. The molecule has 142 valence electrons. The number of hydrogen-bond acceptors (Lipinski definition) is 6. The Morgan fingerprint density at radius 2 is 1.89 bits per heavy atom. The molecule has 0 spiro atoms. The molecule has 3 aromatic rings. The van der Waals surface area contributed by atoms with Gasteiger partial charge in [0, 0.05) is 11.3 Å². The zero-order valence-corrected chi connectivity index (χ0v) is 16.8. The van der Waals surface area contributed by atoms with Gasteiger partial charge in [-0.3, -0.25) is 4.79 Å². The number of amides is 1. The van der Waals surface area contributed by atoms with Crippen LogP contribution in [0.5, 0.6) is 0 Å². The predicted molar refractivity (Wildman–Crippen MR) is 111 cm³/mol. The normalized spacial score (nSPS) is 16.1. The molecule has 28 heavy (non-hydrogen) atoms. The van der Waals surface area contributed by atoms with Crippen LogP contribution in [0.2, 0.25) is 0 Å². The molecule has 0 bridgehead atoms. The number of benzene rings is 1. The van der Waals surface area contributed by atoms with E-state index in [9.17, 15) is 9.59 Å². The number of hydrazone groups is 1. The van der Waals surface area contributed by atoms with Gasteiger partial charge in [0.2, 0.25) is 0 Å². The van der Waals surface area contributed by atoms with E-state index in [1.54, 1.807) is 34.8 Å². The van der Waals surface area contributed by atoms with Gasteiger partial charge >= 0.3 is 5.97 Å². The van der Waals surface area contributed by atoms with Crippen LogP contribution in [-0.2, 0) is 9.53 Å². The third-order valence-electron chi connectivity index (χ3n) is 4.53. The van der Waals surface area contributed by atoms with Gasteiger partial charge in [0.1, 0.15) is 0 Å². The van der Waals surface area contributed by atoms with E-state index in [4.69, 9.17) is 4.74 Å². The van der Waals surface area contributed by atoms with Gasteiger partial charge in [-0.25, -0.2) is 9.80 Å². The highest BCUT2D eigenvalue weighted by Gasteiger charge is 2.34. The minimum Gasteiger partial charge on any atom is -0.452 e. The van der Waals surface area contributed by atoms with Crippen molar-refractivity contribution in [3.05, 3.63) is 80.2 Å². The number of esters is 1. The van der Waals surface area contributed by atoms with Gasteiger partial charge in [-0.2, -0.15) is 5.10 Å². The van der Waals surface area contributed by atoms with Crippen LogP contribution in [0.4, 0.5) is 0 Å². The second-order valence-corrected chi connectivity index (χ2v) is 8.32. The Morgan fingerprint density at radius 3 is 2.61 bits per heavy atom. The van der Waals surface area contributed by atoms with Gasteiger partial charge in [0.15, 0.2) is 6.61 Å². The average Bonchev–Trinajstić information content (AvgIpc) is 3.46. The Labute approximate surface area is 170 Å². The number of ether oxygens (including phenoxy) is 1. The molecule has 1 aliphatic heterocycles. The number of thiophene rings is 2. The Morgan fingerprint density at radius 1 is 1.11 bits per heavy atom. The van der Waals surface area contributed by atoms with Crippen LogP contribution < -0.4 is 0 Å². The Kier molecular flexibility index (Phi) is 5.36. The fraction of sp³-hybridized carbons (Fsp3) is 0.190. The third kappa shape index (κ3) is 3.76. The van der Waals surface area contributed by atoms with E-state index < -0.39 is 5.97 Å². The molecule has 0 radical (unpaired) electrons. The van der Waals surface area contributed by atoms with Crippen LogP contribution in [0.25, 0.3) is 0 Å². The lowest BCUT2D eigenvalue weighted by atomic mass is 10.1. The summed E-state index contributed by atoms with van der Waals surface area (Å²) in [5.74, 6) is -0.826. The van der Waals surface area contributed by atoms with Crippen molar-refractivity contribution in [1.29, 1.82) is 0 Å². The first-order chi connectivity index (χ1) is 13.6. The van der Waals surface area contributed by atoms with Gasteiger partial charge in [0.25, 0.3) is 5.91 Å². The summed E-state index contributed by atoms with van der Waals surface area (Å²) in [4.78, 5) is 27.3. The summed E-state index contributed by atoms with van der Waals surface area (Å²) in [6.07, 6.45) is 0.651. The highest BCUT2D eigenvalue weighted by Crippen LogP contribution is 2.35. The molecular weight excluding hydrogens is 392 g/mol. The lowest BCUT2D eigenvalue weighted by Crippen LogP contribution is -2.31. The number of nitrogens with zero attached hydrogens (tertiary/aromatic N) is 2. The maximum Gasteiger partial charge on any atom is 0.338 e. The molecule has 0 saturated carbocycles. The van der Waals surface area contributed by atoms with Crippen molar-refractivity contribution in [3.8, 4) is 0 Å². The largest absolute Gasteiger partial charge is 0.452 e. The fourth-order valence-electron chi connectivity index (χ4n) is 3.11. The Hall–Kier alpha value is -2.77. The standard InChI is InChI=1S/C21H18N2O3S2/c1-14-6-2-3-7-15(14)21(25)26-13-20(24)23-17(19-9-5-11-28-19)12-16(22-23)18-8-4-10-27-18/h2-11,17H,12-13H2,1H3/t17-/m0/s1. The second-order valence-electron chi connectivity index (χ2n) is 6.39. The SMILES string of the molecule is Cc1ccccc1C(=O)OCC(=O)N1N=C(c2cccs2)C[C@H]1c1cccs1. The van der Waals surface area contributed by atoms with Crippen LogP contribution in [0.3, 0.4) is 0 Å². The van der Waals surface area contributed by atoms with Crippen molar-refractivity contribution in [3.63, 3.8) is 0 Å². The number of hydrogen-bond donors (Lipinski definition) is 0. The molecule has 0 N–H and O–H groups in total. The third-order valence-corrected chi connectivity index (χ3v) is 6.43. The molecule has 1 amide bonds. The van der Waals surface area contributed by atoms with E-state index in [0.717, 1.165) is 21.0 Å². The van der Waals surface area contributed by atoms with Crippen molar-refractivity contribution in [2.24, 2.45) is 5.10 Å². The summed E-state index contributed by atoms with van der Waals surface area (Å²) >= 11 is 3.19. The molecule has 7 heteroatoms. The molecule has 1 aliphatic rings. The molecule has 0 unspecified atom stereocenters. The van der Waals surface area contributed by atoms with Crippen molar-refractivity contribution in [1.82, 2.24) is 5.01 Å². The molecule has 0 fully saturated rings. The smallest absolute Gasteiger partial charge is 0.338 e. The first-order valence-electron chi connectivity index (χ1n) is 8.83. The summed E-state index contributed by atoms with van der Waals surface area (Å²) in [5.41, 5.74) is 2.16. The lowest BCUT2D eigenvalue weighted by molar-refractivity contribution is -0.136. The van der Waals surface area contributed by atoms with Crippen LogP contribution >= 0.6 is 22.7 Å². The van der Waals surface area contributed by atoms with Gasteiger partial charge in [-0.1, -0.05) is 30.3 Å². The monoisotopic (exact) mass is 410 g/mol. The zero-order valence-electron chi connectivity index (χ0n) is 15.2. The number of aryl methyl sites for hydroxylation is 1. The predicted octanol–water partition coefficient (Wildman–Crippen LogP) is 4.65. The van der Waals surface area contributed by atoms with E-state index >= 15 is 0 Å². The number of rotatable bonds is 5. The molecule has 0 saturated heterocycles.